The Kier molecular flexibility index (Phi) is 5.67. The fourth-order valence-corrected chi connectivity index (χ4v) is 3.22. The Labute approximate surface area is 147 Å². The average Bonchev–Trinajstić information content (AvgIpc) is 3.10. The van der Waals surface area contributed by atoms with Gasteiger partial charge in [0.1, 0.15) is 0 Å². The van der Waals surface area contributed by atoms with Crippen molar-refractivity contribution in [2.45, 2.75) is 18.9 Å². The fourth-order valence-electron chi connectivity index (χ4n) is 3.03. The molecule has 24 heavy (non-hydrogen) atoms. The van der Waals surface area contributed by atoms with Crippen LogP contribution in [0, 0.1) is 0 Å². The van der Waals surface area contributed by atoms with Gasteiger partial charge in [0.25, 0.3) is 0 Å². The predicted octanol–water partition coefficient (Wildman–Crippen LogP) is 3.69. The van der Waals surface area contributed by atoms with Gasteiger partial charge >= 0.3 is 6.03 Å². The number of nitrogens with one attached hydrogen (secondary N) is 2. The summed E-state index contributed by atoms with van der Waals surface area (Å²) in [6, 6.07) is 11.4. The number of amides is 2. The number of carbonyl (C=O) groups excluding carboxylic acids is 1. The number of pyridine rings is 1. The number of aromatic nitrogens is 1. The summed E-state index contributed by atoms with van der Waals surface area (Å²) < 4.78 is 0. The lowest BCUT2D eigenvalue weighted by Crippen LogP contribution is -2.38. The largest absolute Gasteiger partial charge is 0.336 e. The molecule has 1 aromatic carbocycles. The first-order chi connectivity index (χ1) is 11.7. The van der Waals surface area contributed by atoms with Crippen molar-refractivity contribution in [2.75, 3.05) is 25.0 Å². The number of urea groups is 1. The molecule has 1 saturated heterocycles. The highest BCUT2D eigenvalue weighted by Gasteiger charge is 2.24. The molecule has 0 radical (unpaired) electrons. The molecule has 1 aliphatic heterocycles. The van der Waals surface area contributed by atoms with Crippen LogP contribution in [0.5, 0.6) is 0 Å². The summed E-state index contributed by atoms with van der Waals surface area (Å²) in [6.07, 6.45) is 5.68. The van der Waals surface area contributed by atoms with Gasteiger partial charge in [-0.25, -0.2) is 4.79 Å². The third kappa shape index (κ3) is 4.46. The molecule has 2 N–H and O–H groups in total. The second-order valence-corrected chi connectivity index (χ2v) is 6.33. The minimum Gasteiger partial charge on any atom is -0.336 e. The summed E-state index contributed by atoms with van der Waals surface area (Å²) in [5.74, 6) is 0. The number of benzene rings is 1. The molecule has 0 aliphatic carbocycles. The van der Waals surface area contributed by atoms with E-state index in [1.54, 1.807) is 18.5 Å². The third-order valence-electron chi connectivity index (χ3n) is 4.19. The second kappa shape index (κ2) is 8.13. The Hall–Kier alpha value is -2.11. The van der Waals surface area contributed by atoms with E-state index in [2.05, 4.69) is 26.6 Å². The van der Waals surface area contributed by atoms with E-state index in [1.165, 1.54) is 12.8 Å². The van der Waals surface area contributed by atoms with Gasteiger partial charge in [0.15, 0.2) is 0 Å². The SMILES string of the molecule is O=C(NC[C@H](c1cccc(Cl)c1)N1CCCC1)Nc1cccnc1. The van der Waals surface area contributed by atoms with Crippen LogP contribution in [0.4, 0.5) is 10.5 Å². The number of hydrogen-bond donors (Lipinski definition) is 2. The molecule has 3 rings (SSSR count). The Morgan fingerprint density at radius 1 is 1.25 bits per heavy atom. The maximum Gasteiger partial charge on any atom is 0.319 e. The molecule has 2 aromatic rings. The molecule has 1 aromatic heterocycles. The van der Waals surface area contributed by atoms with Crippen molar-refractivity contribution in [1.29, 1.82) is 0 Å². The number of anilines is 1. The van der Waals surface area contributed by atoms with Crippen LogP contribution in [-0.2, 0) is 0 Å². The number of hydrogen-bond acceptors (Lipinski definition) is 3. The van der Waals surface area contributed by atoms with Crippen molar-refractivity contribution in [1.82, 2.24) is 15.2 Å². The summed E-state index contributed by atoms with van der Waals surface area (Å²) >= 11 is 6.14. The summed E-state index contributed by atoms with van der Waals surface area (Å²) in [5.41, 5.74) is 1.81. The zero-order valence-electron chi connectivity index (χ0n) is 13.4. The molecule has 6 heteroatoms. The van der Waals surface area contributed by atoms with Crippen LogP contribution in [0.25, 0.3) is 0 Å². The normalized spacial score (nSPS) is 15.9. The summed E-state index contributed by atoms with van der Waals surface area (Å²) in [6.45, 7) is 2.62. The van der Waals surface area contributed by atoms with Gasteiger partial charge in [-0.2, -0.15) is 0 Å². The van der Waals surface area contributed by atoms with Gasteiger partial charge in [-0.1, -0.05) is 23.7 Å². The van der Waals surface area contributed by atoms with Crippen molar-refractivity contribution < 1.29 is 4.79 Å². The molecule has 126 valence electrons. The molecule has 2 heterocycles. The number of carbonyl (C=O) groups is 1. The Balaban J connectivity index is 1.64. The van der Waals surface area contributed by atoms with Crippen LogP contribution in [0.3, 0.4) is 0 Å². The van der Waals surface area contributed by atoms with Gasteiger partial charge in [-0.15, -0.1) is 0 Å². The molecule has 0 bridgehead atoms. The Bertz CT molecular complexity index is 674. The van der Waals surface area contributed by atoms with Gasteiger partial charge in [0, 0.05) is 17.8 Å². The highest BCUT2D eigenvalue weighted by atomic mass is 35.5. The molecule has 2 amide bonds. The van der Waals surface area contributed by atoms with Gasteiger partial charge < -0.3 is 10.6 Å². The van der Waals surface area contributed by atoms with Crippen LogP contribution < -0.4 is 10.6 Å². The minimum atomic E-state index is -0.228. The van der Waals surface area contributed by atoms with E-state index < -0.39 is 0 Å². The average molecular weight is 345 g/mol. The lowest BCUT2D eigenvalue weighted by molar-refractivity contribution is 0.227. The molecule has 0 saturated carbocycles. The van der Waals surface area contributed by atoms with E-state index in [0.717, 1.165) is 23.7 Å². The predicted molar refractivity (Wildman–Crippen MR) is 96.3 cm³/mol. The lowest BCUT2D eigenvalue weighted by Gasteiger charge is -2.28. The topological polar surface area (TPSA) is 57.3 Å². The van der Waals surface area contributed by atoms with E-state index in [4.69, 9.17) is 11.6 Å². The zero-order valence-corrected chi connectivity index (χ0v) is 14.2. The molecule has 1 fully saturated rings. The summed E-state index contributed by atoms with van der Waals surface area (Å²) in [7, 11) is 0. The van der Waals surface area contributed by atoms with E-state index in [9.17, 15) is 4.79 Å². The Morgan fingerprint density at radius 2 is 2.08 bits per heavy atom. The number of rotatable bonds is 5. The first kappa shape index (κ1) is 16.7. The molecule has 5 nitrogen and oxygen atoms in total. The van der Waals surface area contributed by atoms with Crippen molar-refractivity contribution in [3.8, 4) is 0 Å². The molecule has 1 aliphatic rings. The summed E-state index contributed by atoms with van der Waals surface area (Å²) in [4.78, 5) is 18.5. The van der Waals surface area contributed by atoms with Gasteiger partial charge in [0.2, 0.25) is 0 Å². The van der Waals surface area contributed by atoms with Crippen LogP contribution in [0.15, 0.2) is 48.8 Å². The summed E-state index contributed by atoms with van der Waals surface area (Å²) in [5, 5.41) is 6.48. The van der Waals surface area contributed by atoms with Crippen molar-refractivity contribution >= 4 is 23.3 Å². The highest BCUT2D eigenvalue weighted by Crippen LogP contribution is 2.26. The van der Waals surface area contributed by atoms with Crippen molar-refractivity contribution in [3.05, 3.63) is 59.4 Å². The first-order valence-corrected chi connectivity index (χ1v) is 8.54. The van der Waals surface area contributed by atoms with Crippen LogP contribution >= 0.6 is 11.6 Å². The van der Waals surface area contributed by atoms with Crippen LogP contribution in [0.1, 0.15) is 24.4 Å². The van der Waals surface area contributed by atoms with E-state index in [1.807, 2.05) is 24.3 Å². The Morgan fingerprint density at radius 3 is 2.79 bits per heavy atom. The standard InChI is InChI=1S/C18H21ClN4O/c19-15-6-3-5-14(11-15)17(23-9-1-2-10-23)13-21-18(24)22-16-7-4-8-20-12-16/h3-8,11-12,17H,1-2,9-10,13H2,(H2,21,22,24)/t17-/m1/s1. The maximum absolute atomic E-state index is 12.1. The van der Waals surface area contributed by atoms with Crippen LogP contribution in [0.2, 0.25) is 5.02 Å². The van der Waals surface area contributed by atoms with Crippen molar-refractivity contribution in [2.24, 2.45) is 0 Å². The number of nitrogens with zero attached hydrogens (tertiary/aromatic N) is 2. The first-order valence-electron chi connectivity index (χ1n) is 8.17. The zero-order chi connectivity index (χ0) is 16.8. The van der Waals surface area contributed by atoms with Gasteiger partial charge in [-0.05, 0) is 55.8 Å². The fraction of sp³-hybridized carbons (Fsp3) is 0.333. The quantitative estimate of drug-likeness (QED) is 0.869. The monoisotopic (exact) mass is 344 g/mol. The molecule has 0 spiro atoms. The maximum atomic E-state index is 12.1. The smallest absolute Gasteiger partial charge is 0.319 e. The molecule has 1 atom stereocenters. The van der Waals surface area contributed by atoms with E-state index in [-0.39, 0.29) is 12.1 Å². The van der Waals surface area contributed by atoms with Gasteiger partial charge in [0.05, 0.1) is 17.9 Å². The van der Waals surface area contributed by atoms with Crippen molar-refractivity contribution in [3.63, 3.8) is 0 Å². The third-order valence-corrected chi connectivity index (χ3v) is 4.43. The minimum absolute atomic E-state index is 0.130. The van der Waals surface area contributed by atoms with E-state index in [0.29, 0.717) is 12.2 Å². The lowest BCUT2D eigenvalue weighted by atomic mass is 10.1. The second-order valence-electron chi connectivity index (χ2n) is 5.89. The number of likely N-dealkylation sites (tertiary alicyclic amines) is 1. The highest BCUT2D eigenvalue weighted by molar-refractivity contribution is 6.30. The molecular formula is C18H21ClN4O. The molecular weight excluding hydrogens is 324 g/mol. The molecule has 0 unspecified atom stereocenters. The van der Waals surface area contributed by atoms with Crippen LogP contribution in [-0.4, -0.2) is 35.5 Å². The number of halogens is 1. The van der Waals surface area contributed by atoms with E-state index >= 15 is 0 Å². The van der Waals surface area contributed by atoms with Gasteiger partial charge in [-0.3, -0.25) is 9.88 Å².